The minimum Gasteiger partial charge on any atom is -0.390 e. The average Bonchev–Trinajstić information content (AvgIpc) is 3.02. The molecule has 112 valence electrons. The average molecular weight is 310 g/mol. The highest BCUT2D eigenvalue weighted by atomic mass is 32.2. The molecule has 21 heavy (non-hydrogen) atoms. The zero-order valence-electron chi connectivity index (χ0n) is 11.5. The smallest absolute Gasteiger partial charge is 0.265 e. The molecule has 1 aromatic heterocycles. The Kier molecular flexibility index (Phi) is 3.26. The van der Waals surface area contributed by atoms with E-state index in [0.717, 1.165) is 5.56 Å². The van der Waals surface area contributed by atoms with Crippen LogP contribution >= 0.6 is 0 Å². The van der Waals surface area contributed by atoms with E-state index in [1.165, 1.54) is 28.7 Å². The Labute approximate surface area is 122 Å². The summed E-state index contributed by atoms with van der Waals surface area (Å²) in [7, 11) is -2.08. The zero-order valence-corrected chi connectivity index (χ0v) is 12.3. The van der Waals surface area contributed by atoms with Gasteiger partial charge in [0.25, 0.3) is 10.0 Å². The summed E-state index contributed by atoms with van der Waals surface area (Å²) < 4.78 is 41.6. The maximum Gasteiger partial charge on any atom is 0.265 e. The van der Waals surface area contributed by atoms with Crippen molar-refractivity contribution in [1.29, 1.82) is 0 Å². The molecule has 2 aromatic rings. The summed E-state index contributed by atoms with van der Waals surface area (Å²) in [6.07, 6.45) is 2.02. The van der Waals surface area contributed by atoms with E-state index in [2.05, 4.69) is 0 Å². The van der Waals surface area contributed by atoms with E-state index < -0.39 is 15.8 Å². The summed E-state index contributed by atoms with van der Waals surface area (Å²) in [5.74, 6) is -0.458. The van der Waals surface area contributed by atoms with Gasteiger partial charge in [0.2, 0.25) is 0 Å². The Morgan fingerprint density at radius 1 is 1.33 bits per heavy atom. The molecule has 0 aliphatic carbocycles. The SMILES string of the molecule is Cn1cc(S(=O)(=O)N2CCc3ccc(F)cc32)cc1CO. The lowest BCUT2D eigenvalue weighted by molar-refractivity contribution is 0.272. The van der Waals surface area contributed by atoms with Crippen molar-refractivity contribution in [2.45, 2.75) is 17.9 Å². The number of sulfonamides is 1. The van der Waals surface area contributed by atoms with Gasteiger partial charge in [-0.05, 0) is 30.2 Å². The van der Waals surface area contributed by atoms with Gasteiger partial charge in [-0.25, -0.2) is 12.8 Å². The Balaban J connectivity index is 2.06. The minimum atomic E-state index is -3.75. The maximum absolute atomic E-state index is 13.4. The summed E-state index contributed by atoms with van der Waals surface area (Å²) in [4.78, 5) is 0.103. The molecule has 0 fully saturated rings. The van der Waals surface area contributed by atoms with Crippen molar-refractivity contribution >= 4 is 15.7 Å². The van der Waals surface area contributed by atoms with Crippen LogP contribution in [0.5, 0.6) is 0 Å². The second kappa shape index (κ2) is 4.85. The van der Waals surface area contributed by atoms with Gasteiger partial charge >= 0.3 is 0 Å². The minimum absolute atomic E-state index is 0.103. The second-order valence-corrected chi connectivity index (χ2v) is 6.90. The van der Waals surface area contributed by atoms with Crippen LogP contribution < -0.4 is 4.31 Å². The molecule has 0 atom stereocenters. The van der Waals surface area contributed by atoms with Crippen molar-refractivity contribution in [1.82, 2.24) is 4.57 Å². The highest BCUT2D eigenvalue weighted by molar-refractivity contribution is 7.92. The van der Waals surface area contributed by atoms with Crippen LogP contribution in [0.3, 0.4) is 0 Å². The fourth-order valence-corrected chi connectivity index (χ4v) is 4.17. The van der Waals surface area contributed by atoms with E-state index in [-0.39, 0.29) is 11.5 Å². The summed E-state index contributed by atoms with van der Waals surface area (Å²) in [5, 5.41) is 9.18. The molecule has 1 aliphatic rings. The molecule has 5 nitrogen and oxygen atoms in total. The van der Waals surface area contributed by atoms with E-state index in [0.29, 0.717) is 24.3 Å². The summed E-state index contributed by atoms with van der Waals surface area (Å²) in [6.45, 7) is 0.0572. The molecule has 0 unspecified atom stereocenters. The molecule has 2 heterocycles. The lowest BCUT2D eigenvalue weighted by Gasteiger charge is -2.18. The normalized spacial score (nSPS) is 14.5. The van der Waals surface area contributed by atoms with Crippen molar-refractivity contribution in [3.8, 4) is 0 Å². The first kappa shape index (κ1) is 14.1. The number of nitrogens with zero attached hydrogens (tertiary/aromatic N) is 2. The molecule has 0 spiro atoms. The largest absolute Gasteiger partial charge is 0.390 e. The molecule has 1 aromatic carbocycles. The number of fused-ring (bicyclic) bond motifs is 1. The number of aromatic nitrogens is 1. The highest BCUT2D eigenvalue weighted by Gasteiger charge is 2.32. The van der Waals surface area contributed by atoms with Crippen molar-refractivity contribution in [2.24, 2.45) is 7.05 Å². The van der Waals surface area contributed by atoms with Crippen LogP contribution in [0.4, 0.5) is 10.1 Å². The van der Waals surface area contributed by atoms with Crippen LogP contribution in [-0.4, -0.2) is 24.6 Å². The third kappa shape index (κ3) is 2.22. The molecular formula is C14H15FN2O3S. The lowest BCUT2D eigenvalue weighted by atomic mass is 10.2. The maximum atomic E-state index is 13.4. The Morgan fingerprint density at radius 3 is 2.76 bits per heavy atom. The Bertz CT molecular complexity index is 799. The van der Waals surface area contributed by atoms with Crippen LogP contribution in [0, 0.1) is 5.82 Å². The first-order chi connectivity index (χ1) is 9.93. The predicted molar refractivity (Wildman–Crippen MR) is 76.0 cm³/mol. The van der Waals surface area contributed by atoms with Crippen molar-refractivity contribution in [3.63, 3.8) is 0 Å². The van der Waals surface area contributed by atoms with E-state index in [1.807, 2.05) is 0 Å². The van der Waals surface area contributed by atoms with E-state index in [4.69, 9.17) is 0 Å². The Morgan fingerprint density at radius 2 is 2.10 bits per heavy atom. The van der Waals surface area contributed by atoms with E-state index >= 15 is 0 Å². The van der Waals surface area contributed by atoms with Gasteiger partial charge in [-0.15, -0.1) is 0 Å². The summed E-state index contributed by atoms with van der Waals surface area (Å²) in [5.41, 5.74) is 1.72. The van der Waals surface area contributed by atoms with Crippen LogP contribution in [-0.2, 0) is 30.1 Å². The quantitative estimate of drug-likeness (QED) is 0.932. The fraction of sp³-hybridized carbons (Fsp3) is 0.286. The fourth-order valence-electron chi connectivity index (χ4n) is 2.58. The second-order valence-electron chi connectivity index (χ2n) is 5.04. The first-order valence-electron chi connectivity index (χ1n) is 6.51. The number of hydrogen-bond acceptors (Lipinski definition) is 3. The molecule has 1 N–H and O–H groups in total. The van der Waals surface area contributed by atoms with Gasteiger partial charge in [-0.1, -0.05) is 6.07 Å². The van der Waals surface area contributed by atoms with Crippen LogP contribution in [0.1, 0.15) is 11.3 Å². The molecule has 0 saturated heterocycles. The number of rotatable bonds is 3. The van der Waals surface area contributed by atoms with Gasteiger partial charge in [-0.3, -0.25) is 4.31 Å². The molecule has 1 aliphatic heterocycles. The van der Waals surface area contributed by atoms with Crippen molar-refractivity contribution < 1.29 is 17.9 Å². The van der Waals surface area contributed by atoms with Crippen LogP contribution in [0.25, 0.3) is 0 Å². The first-order valence-corrected chi connectivity index (χ1v) is 7.95. The number of aliphatic hydroxyl groups excluding tert-OH is 1. The predicted octanol–water partition coefficient (Wildman–Crippen LogP) is 1.41. The molecule has 0 saturated carbocycles. The number of aryl methyl sites for hydroxylation is 1. The third-order valence-corrected chi connectivity index (χ3v) is 5.51. The number of aliphatic hydroxyl groups is 1. The number of halogens is 1. The van der Waals surface area contributed by atoms with E-state index in [9.17, 15) is 17.9 Å². The van der Waals surface area contributed by atoms with Gasteiger partial charge in [0.1, 0.15) is 10.7 Å². The standard InChI is InChI=1S/C14H15FN2O3S/c1-16-8-13(7-12(16)9-18)21(19,20)17-5-4-10-2-3-11(15)6-14(10)17/h2-3,6-8,18H,4-5,9H2,1H3. The van der Waals surface area contributed by atoms with Gasteiger partial charge < -0.3 is 9.67 Å². The van der Waals surface area contributed by atoms with Gasteiger partial charge in [0, 0.05) is 25.5 Å². The summed E-state index contributed by atoms with van der Waals surface area (Å²) >= 11 is 0. The van der Waals surface area contributed by atoms with Crippen LogP contribution in [0.15, 0.2) is 35.4 Å². The molecule has 7 heteroatoms. The molecular weight excluding hydrogens is 295 g/mol. The number of hydrogen-bond donors (Lipinski definition) is 1. The number of anilines is 1. The number of benzene rings is 1. The van der Waals surface area contributed by atoms with Gasteiger partial charge in [-0.2, -0.15) is 0 Å². The van der Waals surface area contributed by atoms with E-state index in [1.54, 1.807) is 17.7 Å². The van der Waals surface area contributed by atoms with Gasteiger partial charge in [0.05, 0.1) is 12.3 Å². The molecule has 0 bridgehead atoms. The van der Waals surface area contributed by atoms with Gasteiger partial charge in [0.15, 0.2) is 0 Å². The van der Waals surface area contributed by atoms with Crippen molar-refractivity contribution in [3.05, 3.63) is 47.5 Å². The zero-order chi connectivity index (χ0) is 15.2. The lowest BCUT2D eigenvalue weighted by Crippen LogP contribution is -2.28. The molecule has 3 rings (SSSR count). The summed E-state index contributed by atoms with van der Waals surface area (Å²) in [6, 6.07) is 5.63. The monoisotopic (exact) mass is 310 g/mol. The molecule has 0 amide bonds. The van der Waals surface area contributed by atoms with Crippen molar-refractivity contribution in [2.75, 3.05) is 10.8 Å². The topological polar surface area (TPSA) is 62.5 Å². The molecule has 0 radical (unpaired) electrons. The highest BCUT2D eigenvalue weighted by Crippen LogP contribution is 2.33. The third-order valence-electron chi connectivity index (χ3n) is 3.73. The Hall–Kier alpha value is -1.86. The van der Waals surface area contributed by atoms with Crippen LogP contribution in [0.2, 0.25) is 0 Å².